The lowest BCUT2D eigenvalue weighted by Crippen LogP contribution is -2.78. The third-order valence-electron chi connectivity index (χ3n) is 4.14. The van der Waals surface area contributed by atoms with E-state index in [2.05, 4.69) is 0 Å². The SMILES string of the molecule is O=C(O)C(F)(C(=O)O)C(F)(F)C(F)(F)C(F)(F)C(F)(F)C(F)(F)C(F)(F)C(F)(F)C(F)(F)C(F)(F)F. The molecule has 0 fully saturated rings. The summed E-state index contributed by atoms with van der Waals surface area (Å²) in [5, 5.41) is 15.9. The van der Waals surface area contributed by atoms with Crippen molar-refractivity contribution in [3.05, 3.63) is 0 Å². The molecule has 2 N–H and O–H groups in total. The largest absolute Gasteiger partial charge is 0.478 e. The van der Waals surface area contributed by atoms with Crippen molar-refractivity contribution in [3.63, 3.8) is 0 Å². The van der Waals surface area contributed by atoms with Gasteiger partial charge in [0.25, 0.3) is 0 Å². The number of carbonyl (C=O) groups is 2. The summed E-state index contributed by atoms with van der Waals surface area (Å²) in [5.41, 5.74) is -7.19. The first-order valence-electron chi connectivity index (χ1n) is 7.39. The van der Waals surface area contributed by atoms with Crippen LogP contribution < -0.4 is 0 Å². The number of aliphatic carboxylic acids is 2. The van der Waals surface area contributed by atoms with Gasteiger partial charge in [-0.25, -0.2) is 14.0 Å². The maximum absolute atomic E-state index is 13.5. The molecule has 0 heterocycles. The van der Waals surface area contributed by atoms with E-state index in [0.717, 1.165) is 0 Å². The summed E-state index contributed by atoms with van der Waals surface area (Å²) in [5.74, 6) is -80.7. The maximum Gasteiger partial charge on any atom is 0.460 e. The van der Waals surface area contributed by atoms with Crippen LogP contribution in [0, 0.1) is 0 Å². The van der Waals surface area contributed by atoms with Crippen LogP contribution in [0.5, 0.6) is 0 Å². The molecule has 4 nitrogen and oxygen atoms in total. The molecule has 0 aromatic carbocycles. The zero-order valence-electron chi connectivity index (χ0n) is 15.3. The summed E-state index contributed by atoms with van der Waals surface area (Å²) >= 11 is 0. The van der Waals surface area contributed by atoms with Crippen LogP contribution in [0.25, 0.3) is 0 Å². The number of carboxylic acids is 2. The zero-order valence-corrected chi connectivity index (χ0v) is 15.3. The minimum Gasteiger partial charge on any atom is -0.478 e. The Morgan fingerprint density at radius 1 is 0.333 bits per heavy atom. The number of hydrogen-bond acceptors (Lipinski definition) is 2. The van der Waals surface area contributed by atoms with Gasteiger partial charge in [-0.05, 0) is 0 Å². The van der Waals surface area contributed by atoms with Crippen LogP contribution in [0.3, 0.4) is 0 Å². The van der Waals surface area contributed by atoms with Gasteiger partial charge in [0.1, 0.15) is 0 Å². The second-order valence-corrected chi connectivity index (χ2v) is 6.36. The Morgan fingerprint density at radius 3 is 0.667 bits per heavy atom. The van der Waals surface area contributed by atoms with Gasteiger partial charge < -0.3 is 10.2 Å². The first-order chi connectivity index (χ1) is 15.1. The summed E-state index contributed by atoms with van der Waals surface area (Å²) in [6.07, 6.45) is -8.07. The van der Waals surface area contributed by atoms with E-state index in [1.807, 2.05) is 0 Å². The Hall–Kier alpha value is -2.46. The van der Waals surface area contributed by atoms with Gasteiger partial charge in [0.05, 0.1) is 0 Å². The molecule has 0 rings (SSSR count). The van der Waals surface area contributed by atoms with E-state index in [1.165, 1.54) is 0 Å². The van der Waals surface area contributed by atoms with Gasteiger partial charge in [-0.15, -0.1) is 0 Å². The molecule has 0 radical (unpaired) electrons. The van der Waals surface area contributed by atoms with Crippen LogP contribution in [0.4, 0.5) is 87.8 Å². The fourth-order valence-electron chi connectivity index (χ4n) is 1.94. The number of alkyl halides is 20. The average molecular weight is 590 g/mol. The molecule has 0 aliphatic rings. The minimum absolute atomic E-state index is 4.45. The number of carboxylic acid groups (broad SMARTS) is 2. The maximum atomic E-state index is 13.5. The summed E-state index contributed by atoms with van der Waals surface area (Å²) in [6, 6.07) is 0. The van der Waals surface area contributed by atoms with E-state index in [4.69, 9.17) is 10.2 Å². The van der Waals surface area contributed by atoms with Gasteiger partial charge in [-0.3, -0.25) is 0 Å². The predicted molar refractivity (Wildman–Crippen MR) is 64.7 cm³/mol. The Balaban J connectivity index is 7.29. The lowest BCUT2D eigenvalue weighted by Gasteiger charge is -2.44. The zero-order chi connectivity index (χ0) is 30.2. The molecule has 0 saturated heterocycles. The molecule has 0 aromatic rings. The molecular formula is C12H2F20O4. The van der Waals surface area contributed by atoms with E-state index in [1.54, 1.807) is 0 Å². The molecule has 0 unspecified atom stereocenters. The second-order valence-electron chi connectivity index (χ2n) is 6.36. The van der Waals surface area contributed by atoms with Crippen molar-refractivity contribution in [2.75, 3.05) is 0 Å². The Bertz CT molecular complexity index is 872. The second kappa shape index (κ2) is 8.02. The van der Waals surface area contributed by atoms with Crippen molar-refractivity contribution in [2.45, 2.75) is 59.2 Å². The molecule has 0 aliphatic carbocycles. The highest BCUT2D eigenvalue weighted by Crippen LogP contribution is 2.66. The van der Waals surface area contributed by atoms with E-state index in [0.29, 0.717) is 0 Å². The summed E-state index contributed by atoms with van der Waals surface area (Å²) in [6.45, 7) is 0. The molecule has 0 aromatic heterocycles. The van der Waals surface area contributed by atoms with Crippen LogP contribution in [0.1, 0.15) is 0 Å². The fraction of sp³-hybridized carbons (Fsp3) is 0.833. The highest BCUT2D eigenvalue weighted by atomic mass is 19.4. The van der Waals surface area contributed by atoms with Gasteiger partial charge >= 0.3 is 71.2 Å². The summed E-state index contributed by atoms with van der Waals surface area (Å²) < 4.78 is 261. The summed E-state index contributed by atoms with van der Waals surface area (Å²) in [4.78, 5) is 20.5. The number of hydrogen-bond donors (Lipinski definition) is 2. The van der Waals surface area contributed by atoms with E-state index in [-0.39, 0.29) is 0 Å². The van der Waals surface area contributed by atoms with Gasteiger partial charge in [0.2, 0.25) is 0 Å². The molecule has 36 heavy (non-hydrogen) atoms. The standard InChI is InChI=1S/C12H2F20O4/c13-3(1(33)34,2(35)36)4(14,15)5(16,17)6(18,19)7(20,21)8(22,23)9(24,25)10(26,27)11(28,29)12(30,31)32/h(H,33,34)(H,35,36). The predicted octanol–water partition coefficient (Wildman–Crippen LogP) is 5.51. The normalized spacial score (nSPS) is 16.2. The smallest absolute Gasteiger partial charge is 0.460 e. The molecule has 214 valence electrons. The fourth-order valence-corrected chi connectivity index (χ4v) is 1.94. The number of rotatable bonds is 10. The van der Waals surface area contributed by atoms with Crippen molar-refractivity contribution in [2.24, 2.45) is 0 Å². The molecule has 0 atom stereocenters. The molecule has 0 saturated carbocycles. The monoisotopic (exact) mass is 590 g/mol. The molecule has 24 heteroatoms. The van der Waals surface area contributed by atoms with Gasteiger partial charge in [0, 0.05) is 0 Å². The van der Waals surface area contributed by atoms with Gasteiger partial charge in [-0.1, -0.05) is 0 Å². The molecule has 0 aliphatic heterocycles. The highest BCUT2D eigenvalue weighted by Gasteiger charge is 2.98. The Labute approximate surface area is 180 Å². The molecular weight excluding hydrogens is 588 g/mol. The molecule has 0 bridgehead atoms. The third-order valence-corrected chi connectivity index (χ3v) is 4.14. The molecule has 0 spiro atoms. The van der Waals surface area contributed by atoms with Crippen molar-refractivity contribution in [1.29, 1.82) is 0 Å². The highest BCUT2D eigenvalue weighted by molar-refractivity contribution is 6.03. The van der Waals surface area contributed by atoms with Crippen LogP contribution >= 0.6 is 0 Å². The number of halogens is 20. The Kier molecular flexibility index (Phi) is 7.47. The van der Waals surface area contributed by atoms with Crippen molar-refractivity contribution in [1.82, 2.24) is 0 Å². The minimum atomic E-state index is -9.32. The lowest BCUT2D eigenvalue weighted by atomic mass is 9.83. The topological polar surface area (TPSA) is 74.6 Å². The van der Waals surface area contributed by atoms with E-state index < -0.39 is 71.2 Å². The average Bonchev–Trinajstić information content (AvgIpc) is 2.64. The quantitative estimate of drug-likeness (QED) is 0.260. The Morgan fingerprint density at radius 2 is 0.500 bits per heavy atom. The lowest BCUT2D eigenvalue weighted by molar-refractivity contribution is -0.470. The van der Waals surface area contributed by atoms with Gasteiger partial charge in [0.15, 0.2) is 0 Å². The van der Waals surface area contributed by atoms with Crippen molar-refractivity contribution >= 4 is 11.9 Å². The summed E-state index contributed by atoms with van der Waals surface area (Å²) in [7, 11) is 0. The molecule has 0 amide bonds. The van der Waals surface area contributed by atoms with Crippen LogP contribution in [-0.4, -0.2) is 81.4 Å². The van der Waals surface area contributed by atoms with Crippen molar-refractivity contribution in [3.8, 4) is 0 Å². The van der Waals surface area contributed by atoms with Crippen LogP contribution in [-0.2, 0) is 9.59 Å². The van der Waals surface area contributed by atoms with Crippen LogP contribution in [0.2, 0.25) is 0 Å². The van der Waals surface area contributed by atoms with Gasteiger partial charge in [-0.2, -0.15) is 83.4 Å². The van der Waals surface area contributed by atoms with E-state index in [9.17, 15) is 97.4 Å². The first kappa shape index (κ1) is 33.5. The third kappa shape index (κ3) is 3.59. The van der Waals surface area contributed by atoms with Crippen LogP contribution in [0.15, 0.2) is 0 Å². The first-order valence-corrected chi connectivity index (χ1v) is 7.39. The van der Waals surface area contributed by atoms with E-state index >= 15 is 0 Å². The van der Waals surface area contributed by atoms with Crippen molar-refractivity contribution < 1.29 is 108 Å².